The molecule has 0 atom stereocenters. The number of nitrogens with one attached hydrogen (secondary N) is 2. The van der Waals surface area contributed by atoms with E-state index < -0.39 is 15.6 Å². The second kappa shape index (κ2) is 4.39. The molecule has 0 unspecified atom stereocenters. The first-order valence-corrected chi connectivity index (χ1v) is 6.78. The van der Waals surface area contributed by atoms with Crippen molar-refractivity contribution in [1.82, 2.24) is 9.71 Å². The molecule has 0 aromatic carbocycles. The van der Waals surface area contributed by atoms with Crippen LogP contribution in [0.5, 0.6) is 0 Å². The lowest BCUT2D eigenvalue weighted by Gasteiger charge is -2.11. The van der Waals surface area contributed by atoms with Crippen LogP contribution in [0.15, 0.2) is 28.0 Å². The monoisotopic (exact) mass is 242 g/mol. The van der Waals surface area contributed by atoms with Crippen LogP contribution in [0.1, 0.15) is 25.7 Å². The van der Waals surface area contributed by atoms with Crippen molar-refractivity contribution in [3.63, 3.8) is 0 Å². The van der Waals surface area contributed by atoms with Crippen molar-refractivity contribution in [2.45, 2.75) is 36.6 Å². The number of aromatic nitrogens is 1. The molecular formula is C10H14N2O3S. The van der Waals surface area contributed by atoms with Gasteiger partial charge in [0, 0.05) is 12.2 Å². The number of aromatic amines is 1. The van der Waals surface area contributed by atoms with E-state index >= 15 is 0 Å². The van der Waals surface area contributed by atoms with Crippen LogP contribution < -0.4 is 10.3 Å². The van der Waals surface area contributed by atoms with Crippen molar-refractivity contribution in [2.75, 3.05) is 0 Å². The van der Waals surface area contributed by atoms with Crippen LogP contribution in [0.25, 0.3) is 0 Å². The van der Waals surface area contributed by atoms with Crippen LogP contribution in [0.2, 0.25) is 0 Å². The topological polar surface area (TPSA) is 79.0 Å². The fourth-order valence-corrected chi connectivity index (χ4v) is 3.31. The molecule has 88 valence electrons. The maximum absolute atomic E-state index is 11.9. The van der Waals surface area contributed by atoms with Crippen molar-refractivity contribution >= 4 is 10.0 Å². The standard InChI is InChI=1S/C10H14N2O3S/c13-10-9(6-3-7-11-10)16(14,15)12-8-4-1-2-5-8/h3,6-8,12H,1-2,4-5H2,(H,11,13). The van der Waals surface area contributed by atoms with Crippen molar-refractivity contribution < 1.29 is 8.42 Å². The molecule has 0 amide bonds. The molecule has 0 radical (unpaired) electrons. The molecule has 1 heterocycles. The zero-order valence-electron chi connectivity index (χ0n) is 8.77. The number of hydrogen-bond acceptors (Lipinski definition) is 3. The number of pyridine rings is 1. The van der Waals surface area contributed by atoms with Gasteiger partial charge in [0.25, 0.3) is 5.56 Å². The number of rotatable bonds is 3. The van der Waals surface area contributed by atoms with Crippen molar-refractivity contribution in [1.29, 1.82) is 0 Å². The molecule has 2 N–H and O–H groups in total. The minimum Gasteiger partial charge on any atom is -0.328 e. The molecule has 1 aliphatic rings. The summed E-state index contributed by atoms with van der Waals surface area (Å²) < 4.78 is 26.3. The van der Waals surface area contributed by atoms with E-state index in [1.54, 1.807) is 0 Å². The van der Waals surface area contributed by atoms with Gasteiger partial charge >= 0.3 is 0 Å². The maximum atomic E-state index is 11.9. The van der Waals surface area contributed by atoms with E-state index in [-0.39, 0.29) is 10.9 Å². The van der Waals surface area contributed by atoms with Crippen LogP contribution in [0.3, 0.4) is 0 Å². The largest absolute Gasteiger partial charge is 0.328 e. The second-order valence-corrected chi connectivity index (χ2v) is 5.65. The molecule has 2 rings (SSSR count). The van der Waals surface area contributed by atoms with Crippen LogP contribution >= 0.6 is 0 Å². The predicted octanol–water partition coefficient (Wildman–Crippen LogP) is 0.596. The summed E-state index contributed by atoms with van der Waals surface area (Å²) in [5, 5.41) is 0. The van der Waals surface area contributed by atoms with Gasteiger partial charge in [0.2, 0.25) is 10.0 Å². The van der Waals surface area contributed by atoms with E-state index in [1.807, 2.05) is 0 Å². The first-order chi connectivity index (χ1) is 7.59. The van der Waals surface area contributed by atoms with E-state index in [4.69, 9.17) is 0 Å². The van der Waals surface area contributed by atoms with Gasteiger partial charge in [-0.25, -0.2) is 13.1 Å². The Morgan fingerprint density at radius 2 is 2.00 bits per heavy atom. The summed E-state index contributed by atoms with van der Waals surface area (Å²) in [5.74, 6) is 0. The minimum absolute atomic E-state index is 0.0235. The van der Waals surface area contributed by atoms with Crippen molar-refractivity contribution in [3.8, 4) is 0 Å². The van der Waals surface area contributed by atoms with Gasteiger partial charge in [-0.05, 0) is 25.0 Å². The number of H-pyrrole nitrogens is 1. The van der Waals surface area contributed by atoms with Gasteiger partial charge in [-0.15, -0.1) is 0 Å². The number of sulfonamides is 1. The van der Waals surface area contributed by atoms with E-state index in [9.17, 15) is 13.2 Å². The molecule has 16 heavy (non-hydrogen) atoms. The third-order valence-electron chi connectivity index (χ3n) is 2.75. The third kappa shape index (κ3) is 2.33. The Balaban J connectivity index is 2.25. The minimum atomic E-state index is -3.67. The summed E-state index contributed by atoms with van der Waals surface area (Å²) in [6.07, 6.45) is 5.20. The fourth-order valence-electron chi connectivity index (χ4n) is 1.94. The summed E-state index contributed by atoms with van der Waals surface area (Å²) in [4.78, 5) is 13.5. The molecule has 1 aromatic heterocycles. The van der Waals surface area contributed by atoms with Gasteiger partial charge in [-0.3, -0.25) is 4.79 Å². The summed E-state index contributed by atoms with van der Waals surface area (Å²) in [6.45, 7) is 0. The molecule has 1 aromatic rings. The van der Waals surface area contributed by atoms with Gasteiger partial charge in [0.05, 0.1) is 0 Å². The summed E-state index contributed by atoms with van der Waals surface area (Å²) in [7, 11) is -3.67. The highest BCUT2D eigenvalue weighted by molar-refractivity contribution is 7.89. The quantitative estimate of drug-likeness (QED) is 0.814. The van der Waals surface area contributed by atoms with Gasteiger partial charge in [-0.2, -0.15) is 0 Å². The van der Waals surface area contributed by atoms with E-state index in [1.165, 1.54) is 18.3 Å². The van der Waals surface area contributed by atoms with Crippen molar-refractivity contribution in [2.24, 2.45) is 0 Å². The molecule has 1 aliphatic carbocycles. The average molecular weight is 242 g/mol. The van der Waals surface area contributed by atoms with Crippen molar-refractivity contribution in [3.05, 3.63) is 28.7 Å². The highest BCUT2D eigenvalue weighted by Gasteiger charge is 2.24. The van der Waals surface area contributed by atoms with Gasteiger partial charge in [0.15, 0.2) is 0 Å². The normalized spacial score (nSPS) is 17.8. The Morgan fingerprint density at radius 3 is 2.62 bits per heavy atom. The predicted molar refractivity (Wildman–Crippen MR) is 59.6 cm³/mol. The van der Waals surface area contributed by atoms with E-state index in [0.29, 0.717) is 0 Å². The molecule has 1 saturated carbocycles. The van der Waals surface area contributed by atoms with Gasteiger partial charge in [0.1, 0.15) is 4.90 Å². The van der Waals surface area contributed by atoms with E-state index in [0.717, 1.165) is 25.7 Å². The fraction of sp³-hybridized carbons (Fsp3) is 0.500. The Labute approximate surface area is 93.9 Å². The van der Waals surface area contributed by atoms with E-state index in [2.05, 4.69) is 9.71 Å². The Morgan fingerprint density at radius 1 is 1.31 bits per heavy atom. The first kappa shape index (κ1) is 11.3. The summed E-state index contributed by atoms with van der Waals surface area (Å²) >= 11 is 0. The molecule has 0 aliphatic heterocycles. The molecule has 5 nitrogen and oxygen atoms in total. The maximum Gasteiger partial charge on any atom is 0.268 e. The molecule has 0 spiro atoms. The molecule has 6 heteroatoms. The highest BCUT2D eigenvalue weighted by Crippen LogP contribution is 2.19. The lowest BCUT2D eigenvalue weighted by molar-refractivity contribution is 0.551. The Hall–Kier alpha value is -1.14. The molecule has 1 fully saturated rings. The zero-order valence-corrected chi connectivity index (χ0v) is 9.59. The van der Waals surface area contributed by atoms with Crippen LogP contribution in [0.4, 0.5) is 0 Å². The average Bonchev–Trinajstić information content (AvgIpc) is 2.70. The highest BCUT2D eigenvalue weighted by atomic mass is 32.2. The lowest BCUT2D eigenvalue weighted by atomic mass is 10.3. The second-order valence-electron chi connectivity index (χ2n) is 3.97. The zero-order chi connectivity index (χ0) is 11.6. The Kier molecular flexibility index (Phi) is 3.11. The molecule has 0 saturated heterocycles. The van der Waals surface area contributed by atoms with Gasteiger partial charge < -0.3 is 4.98 Å². The number of hydrogen-bond donors (Lipinski definition) is 2. The molecule has 0 bridgehead atoms. The molecular weight excluding hydrogens is 228 g/mol. The van der Waals surface area contributed by atoms with Crippen LogP contribution in [0, 0.1) is 0 Å². The summed E-state index contributed by atoms with van der Waals surface area (Å²) in [5.41, 5.74) is -0.576. The van der Waals surface area contributed by atoms with Gasteiger partial charge in [-0.1, -0.05) is 12.8 Å². The SMILES string of the molecule is O=c1[nH]cccc1S(=O)(=O)NC1CCCC1. The van der Waals surface area contributed by atoms with Crippen LogP contribution in [-0.2, 0) is 10.0 Å². The summed E-state index contributed by atoms with van der Waals surface area (Å²) in [6, 6.07) is 2.80. The Bertz CT molecular complexity index is 515. The van der Waals surface area contributed by atoms with Crippen LogP contribution in [-0.4, -0.2) is 19.4 Å². The lowest BCUT2D eigenvalue weighted by Crippen LogP contribution is -2.35. The first-order valence-electron chi connectivity index (χ1n) is 5.29. The smallest absolute Gasteiger partial charge is 0.268 e. The third-order valence-corrected chi connectivity index (χ3v) is 4.29.